The Hall–Kier alpha value is -4.44. The summed E-state index contributed by atoms with van der Waals surface area (Å²) in [4.78, 5) is 46.3. The van der Waals surface area contributed by atoms with Gasteiger partial charge >= 0.3 is 6.03 Å². The number of amides is 4. The van der Waals surface area contributed by atoms with Crippen molar-refractivity contribution < 1.29 is 18.8 Å². The molecule has 0 bridgehead atoms. The third-order valence-electron chi connectivity index (χ3n) is 7.76. The highest BCUT2D eigenvalue weighted by molar-refractivity contribution is 5.92. The molecule has 4 amide bonds. The SMILES string of the molecule is CCCN(C(=O)NCc1ccccc1)N1CC(=O)N2[C@@H](c3ccccc3)C(=O)N(Cc3c(F)cccc3N(C)C)C[C@@H]21. The summed E-state index contributed by atoms with van der Waals surface area (Å²) in [6, 6.07) is 22.4. The maximum atomic E-state index is 15.2. The molecule has 5 rings (SSSR count). The van der Waals surface area contributed by atoms with Crippen LogP contribution in [0.5, 0.6) is 0 Å². The van der Waals surface area contributed by atoms with Crippen molar-refractivity contribution in [2.45, 2.75) is 38.6 Å². The van der Waals surface area contributed by atoms with Gasteiger partial charge in [0, 0.05) is 38.4 Å². The van der Waals surface area contributed by atoms with Crippen LogP contribution in [0.3, 0.4) is 0 Å². The molecule has 42 heavy (non-hydrogen) atoms. The Morgan fingerprint density at radius 3 is 2.33 bits per heavy atom. The van der Waals surface area contributed by atoms with Gasteiger partial charge in [0.25, 0.3) is 5.91 Å². The number of piperazine rings is 1. The summed E-state index contributed by atoms with van der Waals surface area (Å²) in [6.45, 7) is 2.81. The number of carbonyl (C=O) groups is 3. The molecular weight excluding hydrogens is 535 g/mol. The summed E-state index contributed by atoms with van der Waals surface area (Å²) in [5, 5.41) is 6.32. The van der Waals surface area contributed by atoms with Crippen molar-refractivity contribution in [1.82, 2.24) is 25.1 Å². The summed E-state index contributed by atoms with van der Waals surface area (Å²) in [5.41, 5.74) is 2.71. The third-order valence-corrected chi connectivity index (χ3v) is 7.76. The molecule has 2 atom stereocenters. The number of benzene rings is 3. The monoisotopic (exact) mass is 572 g/mol. The summed E-state index contributed by atoms with van der Waals surface area (Å²) < 4.78 is 15.2. The zero-order chi connectivity index (χ0) is 29.8. The lowest BCUT2D eigenvalue weighted by molar-refractivity contribution is -0.158. The van der Waals surface area contributed by atoms with Crippen LogP contribution in [0.25, 0.3) is 0 Å². The summed E-state index contributed by atoms with van der Waals surface area (Å²) in [6.07, 6.45) is 0.0616. The van der Waals surface area contributed by atoms with Crippen molar-refractivity contribution in [2.75, 3.05) is 38.6 Å². The lowest BCUT2D eigenvalue weighted by Crippen LogP contribution is -2.63. The molecule has 10 heteroatoms. The zero-order valence-corrected chi connectivity index (χ0v) is 24.2. The maximum absolute atomic E-state index is 15.2. The fourth-order valence-electron chi connectivity index (χ4n) is 5.78. The van der Waals surface area contributed by atoms with Gasteiger partial charge in [0.1, 0.15) is 18.0 Å². The molecule has 2 saturated heterocycles. The zero-order valence-electron chi connectivity index (χ0n) is 24.2. The molecule has 0 radical (unpaired) electrons. The van der Waals surface area contributed by atoms with Gasteiger partial charge in [-0.1, -0.05) is 73.7 Å². The van der Waals surface area contributed by atoms with Crippen LogP contribution in [0.15, 0.2) is 78.9 Å². The van der Waals surface area contributed by atoms with Gasteiger partial charge in [-0.2, -0.15) is 5.01 Å². The Morgan fingerprint density at radius 2 is 1.67 bits per heavy atom. The predicted molar refractivity (Wildman–Crippen MR) is 158 cm³/mol. The van der Waals surface area contributed by atoms with E-state index in [1.54, 1.807) is 25.9 Å². The van der Waals surface area contributed by atoms with Gasteiger partial charge in [-0.3, -0.25) is 14.6 Å². The maximum Gasteiger partial charge on any atom is 0.332 e. The van der Waals surface area contributed by atoms with Crippen LogP contribution >= 0.6 is 0 Å². The van der Waals surface area contributed by atoms with Crippen LogP contribution in [-0.4, -0.2) is 77.6 Å². The van der Waals surface area contributed by atoms with Crippen molar-refractivity contribution in [1.29, 1.82) is 0 Å². The van der Waals surface area contributed by atoms with Crippen molar-refractivity contribution in [3.8, 4) is 0 Å². The van der Waals surface area contributed by atoms with Crippen LogP contribution in [0, 0.1) is 5.82 Å². The van der Waals surface area contributed by atoms with E-state index in [1.807, 2.05) is 92.6 Å². The standard InChI is InChI=1S/C32H37FN6O3/c1-4-18-37(32(42)34-19-23-12-7-5-8-13-23)38-22-29(40)39-28(38)21-36(31(41)30(39)24-14-9-6-10-15-24)20-25-26(33)16-11-17-27(25)35(2)3/h5-17,28,30H,4,18-22H2,1-3H3,(H,34,42)/t28-,30+/m1/s1. The number of hydrazine groups is 1. The number of hydrogen-bond donors (Lipinski definition) is 1. The number of halogens is 1. The molecule has 0 unspecified atom stereocenters. The van der Waals surface area contributed by atoms with Gasteiger partial charge in [-0.05, 0) is 29.7 Å². The Morgan fingerprint density at radius 1 is 0.976 bits per heavy atom. The third kappa shape index (κ3) is 5.80. The molecule has 2 aliphatic heterocycles. The molecule has 0 aliphatic carbocycles. The Bertz CT molecular complexity index is 1420. The molecule has 0 aromatic heterocycles. The number of rotatable bonds is 9. The van der Waals surface area contributed by atoms with E-state index in [-0.39, 0.29) is 37.5 Å². The number of carbonyl (C=O) groups excluding carboxylic acids is 3. The highest BCUT2D eigenvalue weighted by Gasteiger charge is 2.52. The molecule has 9 nitrogen and oxygen atoms in total. The second-order valence-electron chi connectivity index (χ2n) is 10.8. The smallest absolute Gasteiger partial charge is 0.332 e. The molecule has 1 N–H and O–H groups in total. The fraction of sp³-hybridized carbons (Fsp3) is 0.344. The first-order valence-corrected chi connectivity index (χ1v) is 14.3. The first-order valence-electron chi connectivity index (χ1n) is 14.3. The topological polar surface area (TPSA) is 79.4 Å². The van der Waals surface area contributed by atoms with Crippen LogP contribution < -0.4 is 10.2 Å². The molecule has 3 aromatic carbocycles. The van der Waals surface area contributed by atoms with E-state index in [2.05, 4.69) is 5.32 Å². The molecule has 3 aromatic rings. The van der Waals surface area contributed by atoms with E-state index in [1.165, 1.54) is 6.07 Å². The minimum atomic E-state index is -0.895. The van der Waals surface area contributed by atoms with E-state index >= 15 is 4.39 Å². The summed E-state index contributed by atoms with van der Waals surface area (Å²) >= 11 is 0. The Kier molecular flexibility index (Phi) is 8.72. The molecular formula is C32H37FN6O3. The van der Waals surface area contributed by atoms with Crippen LogP contribution in [0.1, 0.15) is 36.1 Å². The van der Waals surface area contributed by atoms with Gasteiger partial charge in [0.2, 0.25) is 5.91 Å². The number of hydrogen-bond acceptors (Lipinski definition) is 5. The summed E-state index contributed by atoms with van der Waals surface area (Å²) in [5.74, 6) is -0.921. The first-order chi connectivity index (χ1) is 20.3. The lowest BCUT2D eigenvalue weighted by Gasteiger charge is -2.46. The van der Waals surface area contributed by atoms with Crippen LogP contribution in [-0.2, 0) is 22.7 Å². The normalized spacial score (nSPS) is 18.7. The fourth-order valence-corrected chi connectivity index (χ4v) is 5.78. The van der Waals surface area contributed by atoms with Crippen LogP contribution in [0.4, 0.5) is 14.9 Å². The number of urea groups is 1. The van der Waals surface area contributed by atoms with Crippen molar-refractivity contribution in [2.24, 2.45) is 0 Å². The second-order valence-corrected chi connectivity index (χ2v) is 10.8. The second kappa shape index (κ2) is 12.6. The van der Waals surface area contributed by atoms with E-state index in [9.17, 15) is 14.4 Å². The minimum Gasteiger partial charge on any atom is -0.377 e. The number of nitrogens with one attached hydrogen (secondary N) is 1. The van der Waals surface area contributed by atoms with E-state index in [4.69, 9.17) is 0 Å². The van der Waals surface area contributed by atoms with Crippen LogP contribution in [0.2, 0.25) is 0 Å². The highest BCUT2D eigenvalue weighted by atomic mass is 19.1. The Labute approximate surface area is 246 Å². The van der Waals surface area contributed by atoms with Gasteiger partial charge in [0.05, 0.1) is 19.6 Å². The molecule has 2 heterocycles. The van der Waals surface area contributed by atoms with Crippen molar-refractivity contribution >= 4 is 23.5 Å². The molecule has 220 valence electrons. The van der Waals surface area contributed by atoms with Gasteiger partial charge in [-0.25, -0.2) is 9.18 Å². The van der Waals surface area contributed by atoms with Gasteiger partial charge < -0.3 is 20.0 Å². The van der Waals surface area contributed by atoms with Crippen molar-refractivity contribution in [3.63, 3.8) is 0 Å². The van der Waals surface area contributed by atoms with E-state index in [0.29, 0.717) is 36.3 Å². The Balaban J connectivity index is 1.49. The van der Waals surface area contributed by atoms with Gasteiger partial charge in [-0.15, -0.1) is 0 Å². The quantitative estimate of drug-likeness (QED) is 0.420. The number of nitrogens with zero attached hydrogens (tertiary/aromatic N) is 5. The average Bonchev–Trinajstić information content (AvgIpc) is 3.31. The molecule has 2 fully saturated rings. The predicted octanol–water partition coefficient (Wildman–Crippen LogP) is 3.98. The average molecular weight is 573 g/mol. The molecule has 0 spiro atoms. The molecule has 0 saturated carbocycles. The van der Waals surface area contributed by atoms with Crippen molar-refractivity contribution in [3.05, 3.63) is 101 Å². The summed E-state index contributed by atoms with van der Waals surface area (Å²) in [7, 11) is 3.66. The van der Waals surface area contributed by atoms with E-state index < -0.39 is 18.0 Å². The molecule has 2 aliphatic rings. The number of anilines is 1. The highest BCUT2D eigenvalue weighted by Crippen LogP contribution is 2.37. The van der Waals surface area contributed by atoms with E-state index in [0.717, 1.165) is 5.56 Å². The first kappa shape index (κ1) is 29.1. The number of fused-ring (bicyclic) bond motifs is 1. The largest absolute Gasteiger partial charge is 0.377 e. The minimum absolute atomic E-state index is 0.0305. The van der Waals surface area contributed by atoms with Gasteiger partial charge in [0.15, 0.2) is 0 Å². The lowest BCUT2D eigenvalue weighted by atomic mass is 9.99.